The lowest BCUT2D eigenvalue weighted by Gasteiger charge is -2.61. The first kappa shape index (κ1) is 16.9. The van der Waals surface area contributed by atoms with Crippen molar-refractivity contribution in [2.45, 2.75) is 37.8 Å². The molecule has 0 aromatic heterocycles. The molecule has 1 spiro atoms. The van der Waals surface area contributed by atoms with Gasteiger partial charge in [0.05, 0.1) is 17.8 Å². The van der Waals surface area contributed by atoms with Crippen LogP contribution in [0, 0.1) is 23.0 Å². The van der Waals surface area contributed by atoms with E-state index in [9.17, 15) is 8.78 Å². The van der Waals surface area contributed by atoms with E-state index in [0.717, 1.165) is 44.1 Å². The van der Waals surface area contributed by atoms with Gasteiger partial charge in [-0.15, -0.1) is 24.0 Å². The molecule has 1 aromatic rings. The maximum absolute atomic E-state index is 13.6. The van der Waals surface area contributed by atoms with Gasteiger partial charge in [-0.3, -0.25) is 0 Å². The number of fused-ring (bicyclic) bond motifs is 2. The quantitative estimate of drug-likeness (QED) is 0.426. The van der Waals surface area contributed by atoms with E-state index in [4.69, 9.17) is 10.5 Å². The molecule has 23 heavy (non-hydrogen) atoms. The summed E-state index contributed by atoms with van der Waals surface area (Å²) in [6.07, 6.45) is 4.74. The van der Waals surface area contributed by atoms with Crippen LogP contribution in [0.1, 0.15) is 25.7 Å². The van der Waals surface area contributed by atoms with E-state index in [1.165, 1.54) is 6.42 Å². The van der Waals surface area contributed by atoms with Crippen LogP contribution in [0.25, 0.3) is 0 Å². The van der Waals surface area contributed by atoms with Gasteiger partial charge in [-0.2, -0.15) is 0 Å². The highest BCUT2D eigenvalue weighted by Gasteiger charge is 2.66. The molecule has 126 valence electrons. The van der Waals surface area contributed by atoms with Gasteiger partial charge in [-0.05, 0) is 31.4 Å². The number of anilines is 1. The van der Waals surface area contributed by atoms with E-state index in [0.29, 0.717) is 12.0 Å². The molecule has 3 aliphatic rings. The lowest BCUT2D eigenvalue weighted by molar-refractivity contribution is -0.164. The number of halogens is 3. The monoisotopic (exact) mass is 435 g/mol. The molecule has 2 saturated carbocycles. The van der Waals surface area contributed by atoms with Gasteiger partial charge in [-0.1, -0.05) is 6.42 Å². The molecule has 1 heterocycles. The Morgan fingerprint density at radius 1 is 1.35 bits per heavy atom. The van der Waals surface area contributed by atoms with Gasteiger partial charge >= 0.3 is 0 Å². The van der Waals surface area contributed by atoms with Crippen LogP contribution in [0.3, 0.4) is 0 Å². The molecule has 0 bridgehead atoms. The summed E-state index contributed by atoms with van der Waals surface area (Å²) >= 11 is 0. The maximum atomic E-state index is 13.6. The van der Waals surface area contributed by atoms with Gasteiger partial charge in [0, 0.05) is 24.0 Å². The molecule has 1 saturated heterocycles. The lowest BCUT2D eigenvalue weighted by atomic mass is 9.46. The van der Waals surface area contributed by atoms with Gasteiger partial charge in [0.1, 0.15) is 11.6 Å². The second-order valence-electron chi connectivity index (χ2n) is 6.54. The Morgan fingerprint density at radius 3 is 2.83 bits per heavy atom. The molecule has 0 amide bonds. The highest BCUT2D eigenvalue weighted by atomic mass is 127. The predicted octanol–water partition coefficient (Wildman–Crippen LogP) is 3.27. The summed E-state index contributed by atoms with van der Waals surface area (Å²) in [4.78, 5) is 4.58. The number of benzene rings is 1. The van der Waals surface area contributed by atoms with Crippen molar-refractivity contribution in [2.75, 3.05) is 11.9 Å². The van der Waals surface area contributed by atoms with Crippen molar-refractivity contribution in [3.05, 3.63) is 29.8 Å². The molecular weight excluding hydrogens is 415 g/mol. The topological polar surface area (TPSA) is 59.6 Å². The molecule has 3 atom stereocenters. The number of ether oxygens (including phenoxy) is 1. The van der Waals surface area contributed by atoms with Crippen molar-refractivity contribution in [1.29, 1.82) is 0 Å². The summed E-state index contributed by atoms with van der Waals surface area (Å²) in [5, 5.41) is 2.69. The fourth-order valence-electron chi connectivity index (χ4n) is 4.30. The molecule has 4 nitrogen and oxygen atoms in total. The molecule has 4 rings (SSSR count). The standard InChI is InChI=1S/C16H19F2N3O.HI/c17-9-2-3-11(18)12(8-9)20-15(19)21-13-10-4-7-22-14(10)16(13)5-1-6-16;/h2-3,8,10,13-14H,1,4-7H2,(H3,19,20,21);1H. The number of aliphatic imine (C=N–C) groups is 1. The molecule has 1 aliphatic heterocycles. The minimum absolute atomic E-state index is 0. The second-order valence-corrected chi connectivity index (χ2v) is 6.54. The van der Waals surface area contributed by atoms with E-state index in [1.54, 1.807) is 0 Å². The predicted molar refractivity (Wildman–Crippen MR) is 94.9 cm³/mol. The van der Waals surface area contributed by atoms with E-state index in [1.807, 2.05) is 0 Å². The lowest BCUT2D eigenvalue weighted by Crippen LogP contribution is -2.65. The zero-order valence-electron chi connectivity index (χ0n) is 12.6. The Morgan fingerprint density at radius 2 is 2.13 bits per heavy atom. The van der Waals surface area contributed by atoms with Gasteiger partial charge in [0.2, 0.25) is 0 Å². The van der Waals surface area contributed by atoms with Gasteiger partial charge in [-0.25, -0.2) is 13.8 Å². The Bertz CT molecular complexity index is 636. The van der Waals surface area contributed by atoms with Gasteiger partial charge < -0.3 is 15.8 Å². The highest BCUT2D eigenvalue weighted by Crippen LogP contribution is 2.64. The van der Waals surface area contributed by atoms with Crippen LogP contribution in [-0.2, 0) is 4.74 Å². The summed E-state index contributed by atoms with van der Waals surface area (Å²) in [6, 6.07) is 3.36. The zero-order chi connectivity index (χ0) is 15.3. The molecule has 3 N–H and O–H groups in total. The zero-order valence-corrected chi connectivity index (χ0v) is 14.9. The third kappa shape index (κ3) is 2.61. The molecule has 0 radical (unpaired) electrons. The largest absolute Gasteiger partial charge is 0.377 e. The van der Waals surface area contributed by atoms with Crippen LogP contribution in [0.2, 0.25) is 0 Å². The number of guanidine groups is 1. The van der Waals surface area contributed by atoms with Crippen molar-refractivity contribution in [1.82, 2.24) is 0 Å². The average Bonchev–Trinajstić information content (AvgIpc) is 2.84. The summed E-state index contributed by atoms with van der Waals surface area (Å²) in [5.74, 6) is -0.502. The summed E-state index contributed by atoms with van der Waals surface area (Å²) in [5.41, 5.74) is 6.08. The first-order valence-corrected chi connectivity index (χ1v) is 7.77. The van der Waals surface area contributed by atoms with Crippen LogP contribution >= 0.6 is 24.0 Å². The number of nitrogens with one attached hydrogen (secondary N) is 1. The number of hydrogen-bond acceptors (Lipinski definition) is 2. The van der Waals surface area contributed by atoms with E-state index < -0.39 is 11.6 Å². The van der Waals surface area contributed by atoms with Crippen molar-refractivity contribution in [2.24, 2.45) is 22.1 Å². The Labute approximate surface area is 150 Å². The van der Waals surface area contributed by atoms with Crippen LogP contribution in [0.15, 0.2) is 23.2 Å². The van der Waals surface area contributed by atoms with Crippen LogP contribution in [0.4, 0.5) is 14.5 Å². The highest BCUT2D eigenvalue weighted by molar-refractivity contribution is 14.0. The first-order valence-electron chi connectivity index (χ1n) is 7.77. The number of nitrogens with zero attached hydrogens (tertiary/aromatic N) is 1. The van der Waals surface area contributed by atoms with Crippen molar-refractivity contribution in [3.8, 4) is 0 Å². The average molecular weight is 435 g/mol. The molecule has 2 aliphatic carbocycles. The Hall–Kier alpha value is -0.960. The van der Waals surface area contributed by atoms with Crippen molar-refractivity contribution in [3.63, 3.8) is 0 Å². The normalized spacial score (nSPS) is 30.9. The minimum Gasteiger partial charge on any atom is -0.377 e. The molecule has 3 fully saturated rings. The van der Waals surface area contributed by atoms with Crippen LogP contribution < -0.4 is 11.1 Å². The third-order valence-electron chi connectivity index (χ3n) is 5.45. The minimum atomic E-state index is -0.548. The molecule has 1 aromatic carbocycles. The summed E-state index contributed by atoms with van der Waals surface area (Å²) in [6.45, 7) is 0.787. The number of hydrogen-bond donors (Lipinski definition) is 2. The summed E-state index contributed by atoms with van der Waals surface area (Å²) in [7, 11) is 0. The fraction of sp³-hybridized carbons (Fsp3) is 0.562. The molecule has 7 heteroatoms. The molecular formula is C16H20F2IN3O. The fourth-order valence-corrected chi connectivity index (χ4v) is 4.30. The summed E-state index contributed by atoms with van der Waals surface area (Å²) < 4.78 is 32.7. The van der Waals surface area contributed by atoms with Gasteiger partial charge in [0.15, 0.2) is 5.96 Å². The number of rotatable bonds is 2. The van der Waals surface area contributed by atoms with Crippen molar-refractivity contribution < 1.29 is 13.5 Å². The van der Waals surface area contributed by atoms with Gasteiger partial charge in [0.25, 0.3) is 0 Å². The smallest absolute Gasteiger partial charge is 0.193 e. The van der Waals surface area contributed by atoms with E-state index >= 15 is 0 Å². The second kappa shape index (κ2) is 6.16. The maximum Gasteiger partial charge on any atom is 0.193 e. The van der Waals surface area contributed by atoms with Crippen molar-refractivity contribution >= 4 is 35.6 Å². The molecule has 3 unspecified atom stereocenters. The number of nitrogens with two attached hydrogens (primary N) is 1. The third-order valence-corrected chi connectivity index (χ3v) is 5.45. The first-order chi connectivity index (χ1) is 10.6. The SMILES string of the molecule is I.NC(=NC1C2CCOC2C12CCC2)Nc1cc(F)ccc1F. The Balaban J connectivity index is 0.00000156. The Kier molecular flexibility index (Phi) is 4.52. The van der Waals surface area contributed by atoms with Crippen LogP contribution in [-0.4, -0.2) is 24.7 Å². The van der Waals surface area contributed by atoms with E-state index in [-0.39, 0.29) is 47.1 Å². The van der Waals surface area contributed by atoms with Crippen LogP contribution in [0.5, 0.6) is 0 Å². The van der Waals surface area contributed by atoms with E-state index in [2.05, 4.69) is 10.3 Å².